The van der Waals surface area contributed by atoms with Gasteiger partial charge in [0.1, 0.15) is 0 Å². The Bertz CT molecular complexity index is 569. The lowest BCUT2D eigenvalue weighted by atomic mass is 10.1. The quantitative estimate of drug-likeness (QED) is 0.917. The molecule has 3 nitrogen and oxygen atoms in total. The molecule has 0 bridgehead atoms. The molecule has 100 valence electrons. The molecule has 0 saturated heterocycles. The summed E-state index contributed by atoms with van der Waals surface area (Å²) in [5.74, 6) is -0.00477. The topological polar surface area (TPSA) is 42.2 Å². The molecule has 0 spiro atoms. The van der Waals surface area contributed by atoms with Crippen LogP contribution in [0.5, 0.6) is 0 Å². The molecular weight excluding hydrogens is 241 g/mol. The Kier molecular flexibility index (Phi) is 4.12. The van der Waals surface area contributed by atoms with Gasteiger partial charge >= 0.3 is 0 Å². The van der Waals surface area contributed by atoms with Gasteiger partial charge in [0.05, 0.1) is 0 Å². The van der Waals surface area contributed by atoms with Crippen LogP contribution in [0.2, 0.25) is 0 Å². The van der Waals surface area contributed by atoms with Gasteiger partial charge in [-0.15, -0.1) is 0 Å². The zero-order chi connectivity index (χ0) is 13.8. The fourth-order valence-electron chi connectivity index (χ4n) is 2.12. The summed E-state index contributed by atoms with van der Waals surface area (Å²) >= 11 is 0. The van der Waals surface area contributed by atoms with Crippen LogP contribution in [-0.2, 0) is 6.54 Å². The maximum absolute atomic E-state index is 14.3. The van der Waals surface area contributed by atoms with Gasteiger partial charge in [-0.25, -0.2) is 9.37 Å². The Morgan fingerprint density at radius 1 is 1.26 bits per heavy atom. The summed E-state index contributed by atoms with van der Waals surface area (Å²) in [6, 6.07) is 9.49. The molecule has 2 N–H and O–H groups in total. The van der Waals surface area contributed by atoms with E-state index in [1.54, 1.807) is 12.3 Å². The molecule has 19 heavy (non-hydrogen) atoms. The molecule has 0 saturated carbocycles. The van der Waals surface area contributed by atoms with Crippen molar-refractivity contribution in [2.75, 3.05) is 11.4 Å². The number of hydrogen-bond donors (Lipinski definition) is 1. The second-order valence-corrected chi connectivity index (χ2v) is 4.34. The third kappa shape index (κ3) is 2.58. The molecule has 1 heterocycles. The second kappa shape index (κ2) is 5.80. The van der Waals surface area contributed by atoms with Gasteiger partial charge in [0, 0.05) is 30.5 Å². The smallest absolute Gasteiger partial charge is 0.170 e. The lowest BCUT2D eigenvalue weighted by Crippen LogP contribution is -2.20. The highest BCUT2D eigenvalue weighted by Gasteiger charge is 2.17. The van der Waals surface area contributed by atoms with E-state index in [9.17, 15) is 4.39 Å². The van der Waals surface area contributed by atoms with Crippen LogP contribution in [0, 0.1) is 12.7 Å². The molecule has 4 heteroatoms. The largest absolute Gasteiger partial charge is 0.326 e. The van der Waals surface area contributed by atoms with Crippen LogP contribution in [0.1, 0.15) is 18.1 Å². The van der Waals surface area contributed by atoms with Gasteiger partial charge in [0.2, 0.25) is 0 Å². The first-order chi connectivity index (χ1) is 9.19. The van der Waals surface area contributed by atoms with Crippen LogP contribution in [0.4, 0.5) is 15.9 Å². The highest BCUT2D eigenvalue weighted by atomic mass is 19.1. The Labute approximate surface area is 112 Å². The average molecular weight is 259 g/mol. The molecule has 0 fully saturated rings. The highest BCUT2D eigenvalue weighted by Crippen LogP contribution is 2.29. The van der Waals surface area contributed by atoms with Crippen molar-refractivity contribution in [2.45, 2.75) is 20.4 Å². The van der Waals surface area contributed by atoms with Crippen molar-refractivity contribution >= 4 is 11.5 Å². The third-order valence-corrected chi connectivity index (χ3v) is 3.15. The molecule has 1 aromatic carbocycles. The minimum atomic E-state index is -0.338. The number of aryl methyl sites for hydroxylation is 1. The molecule has 0 aliphatic heterocycles. The molecular formula is C15H18FN3. The minimum absolute atomic E-state index is 0.173. The van der Waals surface area contributed by atoms with E-state index in [4.69, 9.17) is 5.73 Å². The molecule has 1 aromatic heterocycles. The number of benzene rings is 1. The van der Waals surface area contributed by atoms with Crippen molar-refractivity contribution in [3.05, 3.63) is 53.5 Å². The highest BCUT2D eigenvalue weighted by molar-refractivity contribution is 5.64. The number of halogens is 1. The van der Waals surface area contributed by atoms with E-state index in [1.807, 2.05) is 43.0 Å². The fourth-order valence-corrected chi connectivity index (χ4v) is 2.12. The number of rotatable bonds is 4. The van der Waals surface area contributed by atoms with Crippen LogP contribution in [0.25, 0.3) is 0 Å². The zero-order valence-corrected chi connectivity index (χ0v) is 11.2. The van der Waals surface area contributed by atoms with Crippen molar-refractivity contribution in [3.63, 3.8) is 0 Å². The van der Waals surface area contributed by atoms with E-state index in [-0.39, 0.29) is 12.4 Å². The summed E-state index contributed by atoms with van der Waals surface area (Å²) in [4.78, 5) is 6.04. The van der Waals surface area contributed by atoms with Crippen molar-refractivity contribution in [3.8, 4) is 0 Å². The Morgan fingerprint density at radius 3 is 2.63 bits per heavy atom. The number of anilines is 2. The SMILES string of the molecule is CCN(c1ccccc1C)c1nccc(CN)c1F. The average Bonchev–Trinajstić information content (AvgIpc) is 2.43. The summed E-state index contributed by atoms with van der Waals surface area (Å²) in [5.41, 5.74) is 8.08. The zero-order valence-electron chi connectivity index (χ0n) is 11.2. The lowest BCUT2D eigenvalue weighted by Gasteiger charge is -2.24. The van der Waals surface area contributed by atoms with Gasteiger partial charge in [-0.1, -0.05) is 18.2 Å². The van der Waals surface area contributed by atoms with Gasteiger partial charge in [-0.05, 0) is 31.5 Å². The first kappa shape index (κ1) is 13.5. The Balaban J connectivity index is 2.52. The number of aromatic nitrogens is 1. The standard InChI is InChI=1S/C15H18FN3/c1-3-19(13-7-5-4-6-11(13)2)15-14(16)12(10-17)8-9-18-15/h4-9H,3,10,17H2,1-2H3. The normalized spacial score (nSPS) is 10.5. The second-order valence-electron chi connectivity index (χ2n) is 4.34. The predicted molar refractivity (Wildman–Crippen MR) is 75.9 cm³/mol. The molecule has 0 aliphatic carbocycles. The van der Waals surface area contributed by atoms with E-state index in [2.05, 4.69) is 4.98 Å². The van der Waals surface area contributed by atoms with Crippen LogP contribution in [-0.4, -0.2) is 11.5 Å². The first-order valence-electron chi connectivity index (χ1n) is 6.35. The lowest BCUT2D eigenvalue weighted by molar-refractivity contribution is 0.602. The van der Waals surface area contributed by atoms with Gasteiger partial charge in [-0.3, -0.25) is 0 Å². The number of nitrogens with zero attached hydrogens (tertiary/aromatic N) is 2. The maximum Gasteiger partial charge on any atom is 0.170 e. The first-order valence-corrected chi connectivity index (χ1v) is 6.35. The van der Waals surface area contributed by atoms with Crippen LogP contribution in [0.3, 0.4) is 0 Å². The third-order valence-electron chi connectivity index (χ3n) is 3.15. The Morgan fingerprint density at radius 2 is 2.00 bits per heavy atom. The fraction of sp³-hybridized carbons (Fsp3) is 0.267. The van der Waals surface area contributed by atoms with Gasteiger partial charge in [0.15, 0.2) is 11.6 Å². The van der Waals surface area contributed by atoms with Gasteiger partial charge in [0.25, 0.3) is 0 Å². The van der Waals surface area contributed by atoms with Crippen molar-refractivity contribution in [1.82, 2.24) is 4.98 Å². The van der Waals surface area contributed by atoms with Crippen LogP contribution in [0.15, 0.2) is 36.5 Å². The van der Waals surface area contributed by atoms with Gasteiger partial charge in [-0.2, -0.15) is 0 Å². The summed E-state index contributed by atoms with van der Waals surface area (Å²) < 4.78 is 14.3. The number of hydrogen-bond acceptors (Lipinski definition) is 3. The Hall–Kier alpha value is -1.94. The maximum atomic E-state index is 14.3. The van der Waals surface area contributed by atoms with Crippen molar-refractivity contribution < 1.29 is 4.39 Å². The van der Waals surface area contributed by atoms with Crippen LogP contribution < -0.4 is 10.6 Å². The monoisotopic (exact) mass is 259 g/mol. The molecule has 0 amide bonds. The minimum Gasteiger partial charge on any atom is -0.326 e. The van der Waals surface area contributed by atoms with E-state index >= 15 is 0 Å². The molecule has 2 rings (SSSR count). The van der Waals surface area contributed by atoms with E-state index in [0.29, 0.717) is 17.9 Å². The molecule has 2 aromatic rings. The summed E-state index contributed by atoms with van der Waals surface area (Å²) in [6.45, 7) is 4.79. The summed E-state index contributed by atoms with van der Waals surface area (Å²) in [6.07, 6.45) is 1.60. The van der Waals surface area contributed by atoms with E-state index < -0.39 is 0 Å². The molecule has 0 aliphatic rings. The summed E-state index contributed by atoms with van der Waals surface area (Å²) in [5, 5.41) is 0. The molecule has 0 unspecified atom stereocenters. The molecule has 0 radical (unpaired) electrons. The van der Waals surface area contributed by atoms with Crippen molar-refractivity contribution in [1.29, 1.82) is 0 Å². The number of nitrogens with two attached hydrogens (primary N) is 1. The van der Waals surface area contributed by atoms with E-state index in [0.717, 1.165) is 11.3 Å². The number of pyridine rings is 1. The predicted octanol–water partition coefficient (Wildman–Crippen LogP) is 3.15. The van der Waals surface area contributed by atoms with Crippen molar-refractivity contribution in [2.24, 2.45) is 5.73 Å². The summed E-state index contributed by atoms with van der Waals surface area (Å²) in [7, 11) is 0. The number of para-hydroxylation sites is 1. The van der Waals surface area contributed by atoms with E-state index in [1.165, 1.54) is 0 Å². The molecule has 0 atom stereocenters. The van der Waals surface area contributed by atoms with Gasteiger partial charge < -0.3 is 10.6 Å². The van der Waals surface area contributed by atoms with Crippen LogP contribution >= 0.6 is 0 Å².